The number of hydrogen-bond donors (Lipinski definition) is 2. The second-order valence-electron chi connectivity index (χ2n) is 6.80. The molecule has 4 N–H and O–H groups in total. The predicted octanol–water partition coefficient (Wildman–Crippen LogP) is 0.138. The minimum absolute atomic E-state index is 0.321. The molecule has 2 aliphatic rings. The number of amides is 1. The molecule has 0 aromatic carbocycles. The van der Waals surface area contributed by atoms with E-state index in [4.69, 9.17) is 11.5 Å². The van der Waals surface area contributed by atoms with Gasteiger partial charge in [-0.15, -0.1) is 0 Å². The van der Waals surface area contributed by atoms with Gasteiger partial charge in [-0.2, -0.15) is 0 Å². The fourth-order valence-corrected chi connectivity index (χ4v) is 3.57. The van der Waals surface area contributed by atoms with E-state index >= 15 is 0 Å². The summed E-state index contributed by atoms with van der Waals surface area (Å²) >= 11 is 0. The molecule has 2 aliphatic carbocycles. The van der Waals surface area contributed by atoms with E-state index in [2.05, 4.69) is 30.9 Å². The summed E-state index contributed by atoms with van der Waals surface area (Å²) in [5.74, 6) is -0.352. The number of nitrogens with two attached hydrogens (primary N) is 2. The molecular formula is C14H28N4O. The molecule has 2 saturated carbocycles. The van der Waals surface area contributed by atoms with Gasteiger partial charge in [-0.25, -0.2) is 0 Å². The second kappa shape index (κ2) is 5.04. The quantitative estimate of drug-likeness (QED) is 0.743. The van der Waals surface area contributed by atoms with Crippen LogP contribution in [-0.4, -0.2) is 60.5 Å². The molecule has 0 spiro atoms. The Morgan fingerprint density at radius 3 is 2.26 bits per heavy atom. The average molecular weight is 268 g/mol. The maximum atomic E-state index is 11.4. The van der Waals surface area contributed by atoms with Crippen LogP contribution in [0, 0.1) is 0 Å². The minimum atomic E-state index is -0.788. The number of primary amides is 1. The molecule has 110 valence electrons. The molecule has 2 unspecified atom stereocenters. The van der Waals surface area contributed by atoms with Gasteiger partial charge < -0.3 is 21.3 Å². The van der Waals surface area contributed by atoms with Crippen LogP contribution in [0.2, 0.25) is 0 Å². The second-order valence-corrected chi connectivity index (χ2v) is 6.80. The molecule has 0 aliphatic heterocycles. The van der Waals surface area contributed by atoms with Gasteiger partial charge in [0.1, 0.15) is 0 Å². The highest BCUT2D eigenvalue weighted by Gasteiger charge is 2.45. The van der Waals surface area contributed by atoms with E-state index in [9.17, 15) is 4.79 Å². The van der Waals surface area contributed by atoms with Crippen molar-refractivity contribution in [1.82, 2.24) is 9.80 Å². The minimum Gasteiger partial charge on any atom is -0.368 e. The summed E-state index contributed by atoms with van der Waals surface area (Å²) in [7, 11) is 6.48. The summed E-state index contributed by atoms with van der Waals surface area (Å²) in [6.07, 6.45) is 6.23. The molecule has 5 heteroatoms. The van der Waals surface area contributed by atoms with Crippen LogP contribution in [0.15, 0.2) is 0 Å². The molecule has 0 aromatic heterocycles. The van der Waals surface area contributed by atoms with Crippen LogP contribution in [0.4, 0.5) is 0 Å². The van der Waals surface area contributed by atoms with Crippen molar-refractivity contribution in [3.05, 3.63) is 0 Å². The molecule has 2 rings (SSSR count). The van der Waals surface area contributed by atoms with Crippen molar-refractivity contribution < 1.29 is 4.79 Å². The molecule has 2 atom stereocenters. The Kier molecular flexibility index (Phi) is 3.91. The van der Waals surface area contributed by atoms with E-state index in [1.54, 1.807) is 0 Å². The van der Waals surface area contributed by atoms with E-state index in [0.29, 0.717) is 24.4 Å². The fraction of sp³-hybridized carbons (Fsp3) is 0.929. The van der Waals surface area contributed by atoms with Gasteiger partial charge >= 0.3 is 0 Å². The summed E-state index contributed by atoms with van der Waals surface area (Å²) in [6.45, 7) is 1.06. The van der Waals surface area contributed by atoms with Gasteiger partial charge in [-0.3, -0.25) is 4.79 Å². The zero-order chi connectivity index (χ0) is 14.3. The third kappa shape index (κ3) is 2.64. The van der Waals surface area contributed by atoms with Crippen molar-refractivity contribution in [3.8, 4) is 0 Å². The fourth-order valence-electron chi connectivity index (χ4n) is 3.57. The number of carbonyl (C=O) groups excluding carboxylic acids is 1. The highest BCUT2D eigenvalue weighted by Crippen LogP contribution is 2.38. The molecule has 0 bridgehead atoms. The third-order valence-electron chi connectivity index (χ3n) is 5.41. The van der Waals surface area contributed by atoms with Crippen molar-refractivity contribution in [2.45, 2.75) is 55.6 Å². The first-order chi connectivity index (χ1) is 8.79. The van der Waals surface area contributed by atoms with Crippen LogP contribution in [0.5, 0.6) is 0 Å². The summed E-state index contributed by atoms with van der Waals surface area (Å²) in [4.78, 5) is 16.2. The highest BCUT2D eigenvalue weighted by atomic mass is 16.1. The van der Waals surface area contributed by atoms with Gasteiger partial charge in [0.05, 0.1) is 5.54 Å². The topological polar surface area (TPSA) is 75.6 Å². The molecule has 19 heavy (non-hydrogen) atoms. The molecule has 0 aromatic rings. The number of likely N-dealkylation sites (N-methyl/N-ethyl adjacent to an activating group) is 2. The number of rotatable bonds is 5. The molecule has 5 nitrogen and oxygen atoms in total. The largest absolute Gasteiger partial charge is 0.368 e. The monoisotopic (exact) mass is 268 g/mol. The van der Waals surface area contributed by atoms with Crippen LogP contribution in [0.25, 0.3) is 0 Å². The first kappa shape index (κ1) is 14.8. The molecule has 1 amide bonds. The number of nitrogens with zero attached hydrogens (tertiary/aromatic N) is 2. The lowest BCUT2D eigenvalue weighted by molar-refractivity contribution is -0.123. The summed E-state index contributed by atoms with van der Waals surface area (Å²) in [6, 6.07) is 0.384. The van der Waals surface area contributed by atoms with E-state index in [-0.39, 0.29) is 5.91 Å². The van der Waals surface area contributed by atoms with Crippen molar-refractivity contribution in [2.24, 2.45) is 11.5 Å². The van der Waals surface area contributed by atoms with E-state index in [0.717, 1.165) is 13.0 Å². The van der Waals surface area contributed by atoms with Crippen molar-refractivity contribution in [3.63, 3.8) is 0 Å². The van der Waals surface area contributed by atoms with Crippen LogP contribution in [0.3, 0.4) is 0 Å². The van der Waals surface area contributed by atoms with Crippen LogP contribution < -0.4 is 11.5 Å². The van der Waals surface area contributed by atoms with Crippen molar-refractivity contribution in [1.29, 1.82) is 0 Å². The average Bonchev–Trinajstić information content (AvgIpc) is 2.67. The maximum Gasteiger partial charge on any atom is 0.237 e. The molecule has 0 radical (unpaired) electrons. The lowest BCUT2D eigenvalue weighted by atomic mass is 9.75. The highest BCUT2D eigenvalue weighted by molar-refractivity contribution is 5.84. The Balaban J connectivity index is 1.95. The van der Waals surface area contributed by atoms with Crippen LogP contribution in [-0.2, 0) is 4.79 Å². The predicted molar refractivity (Wildman–Crippen MR) is 76.7 cm³/mol. The third-order valence-corrected chi connectivity index (χ3v) is 5.41. The van der Waals surface area contributed by atoms with Gasteiger partial charge in [0, 0.05) is 18.1 Å². The first-order valence-corrected chi connectivity index (χ1v) is 7.26. The Hall–Kier alpha value is -0.650. The number of hydrogen-bond acceptors (Lipinski definition) is 4. The van der Waals surface area contributed by atoms with Crippen molar-refractivity contribution >= 4 is 5.91 Å². The van der Waals surface area contributed by atoms with Crippen LogP contribution in [0.1, 0.15) is 38.5 Å². The van der Waals surface area contributed by atoms with Crippen molar-refractivity contribution in [2.75, 3.05) is 27.7 Å². The standard InChI is InChI=1S/C14H28N4O/c1-17(2)13(6-4-7-13)10-18(3)11-5-8-14(16,9-11)12(15)19/h11H,4-10,16H2,1-3H3,(H2,15,19). The molecule has 0 saturated heterocycles. The Bertz CT molecular complexity index is 353. The summed E-state index contributed by atoms with van der Waals surface area (Å²) in [5.41, 5.74) is 11.0. The smallest absolute Gasteiger partial charge is 0.237 e. The van der Waals surface area contributed by atoms with E-state index < -0.39 is 5.54 Å². The van der Waals surface area contributed by atoms with Crippen LogP contribution >= 0.6 is 0 Å². The normalized spacial score (nSPS) is 33.7. The lowest BCUT2D eigenvalue weighted by Crippen LogP contribution is -2.58. The summed E-state index contributed by atoms with van der Waals surface area (Å²) in [5, 5.41) is 0. The maximum absolute atomic E-state index is 11.4. The Morgan fingerprint density at radius 2 is 1.89 bits per heavy atom. The molecule has 0 heterocycles. The van der Waals surface area contributed by atoms with Gasteiger partial charge in [0.25, 0.3) is 0 Å². The lowest BCUT2D eigenvalue weighted by Gasteiger charge is -2.50. The van der Waals surface area contributed by atoms with Gasteiger partial charge in [-0.05, 0) is 59.7 Å². The Labute approximate surface area is 116 Å². The summed E-state index contributed by atoms with van der Waals surface area (Å²) < 4.78 is 0. The first-order valence-electron chi connectivity index (χ1n) is 7.26. The number of carbonyl (C=O) groups is 1. The molecular weight excluding hydrogens is 240 g/mol. The zero-order valence-electron chi connectivity index (χ0n) is 12.5. The van der Waals surface area contributed by atoms with E-state index in [1.807, 2.05) is 0 Å². The Morgan fingerprint density at radius 1 is 1.26 bits per heavy atom. The SMILES string of the molecule is CN(CC1(N(C)C)CCC1)C1CCC(N)(C(N)=O)C1. The zero-order valence-corrected chi connectivity index (χ0v) is 12.5. The van der Waals surface area contributed by atoms with E-state index in [1.165, 1.54) is 19.3 Å². The molecule has 2 fully saturated rings. The van der Waals surface area contributed by atoms with Gasteiger partial charge in [0.15, 0.2) is 0 Å². The van der Waals surface area contributed by atoms with Gasteiger partial charge in [-0.1, -0.05) is 0 Å². The van der Waals surface area contributed by atoms with Gasteiger partial charge in [0.2, 0.25) is 5.91 Å².